The Bertz CT molecular complexity index is 1540. The highest BCUT2D eigenvalue weighted by atomic mass is 35.5. The van der Waals surface area contributed by atoms with Gasteiger partial charge in [0.25, 0.3) is 0 Å². The summed E-state index contributed by atoms with van der Waals surface area (Å²) in [4.78, 5) is 12.3. The lowest BCUT2D eigenvalue weighted by molar-refractivity contribution is -0.158. The van der Waals surface area contributed by atoms with Gasteiger partial charge < -0.3 is 14.8 Å². The number of nitrogens with one attached hydrogen (secondary N) is 1. The number of alkyl halides is 3. The first-order valence-corrected chi connectivity index (χ1v) is 13.8. The number of carbonyl (C=O) groups is 1. The third-order valence-electron chi connectivity index (χ3n) is 7.11. The average molecular weight is 600 g/mol. The molecule has 1 atom stereocenters. The standard InChI is InChI=1S/C32H33ClF3N3O3/c1-6-41-29(40)30(2,3)42-27-17-16-24(18-26(27)33)31(4,37-5)25-20-39(19-21-10-8-7-9-11-21)38-28(25)22-12-14-23(15-13-22)32(34,35)36/h7-18,20,37H,6,19H2,1-5H3. The van der Waals surface area contributed by atoms with Gasteiger partial charge in [-0.2, -0.15) is 18.3 Å². The van der Waals surface area contributed by atoms with Crippen LogP contribution in [0.1, 0.15) is 49.9 Å². The van der Waals surface area contributed by atoms with Crippen LogP contribution in [0.3, 0.4) is 0 Å². The molecule has 3 aromatic carbocycles. The van der Waals surface area contributed by atoms with Crippen LogP contribution in [0.4, 0.5) is 13.2 Å². The molecule has 0 amide bonds. The normalized spacial score (nSPS) is 13.5. The first kappa shape index (κ1) is 31.1. The maximum atomic E-state index is 13.3. The molecule has 0 radical (unpaired) electrons. The fourth-order valence-corrected chi connectivity index (χ4v) is 4.84. The molecular formula is C32H33ClF3N3O3. The van der Waals surface area contributed by atoms with Crippen LogP contribution in [0.25, 0.3) is 11.3 Å². The van der Waals surface area contributed by atoms with E-state index in [9.17, 15) is 18.0 Å². The second-order valence-corrected chi connectivity index (χ2v) is 10.9. The van der Waals surface area contributed by atoms with Crippen molar-refractivity contribution in [3.05, 3.63) is 106 Å². The molecular weight excluding hydrogens is 567 g/mol. The fourth-order valence-electron chi connectivity index (χ4n) is 4.62. The summed E-state index contributed by atoms with van der Waals surface area (Å²) >= 11 is 6.66. The molecule has 0 aliphatic heterocycles. The number of hydrogen-bond acceptors (Lipinski definition) is 5. The highest BCUT2D eigenvalue weighted by molar-refractivity contribution is 6.32. The van der Waals surface area contributed by atoms with Gasteiger partial charge >= 0.3 is 12.1 Å². The van der Waals surface area contributed by atoms with Gasteiger partial charge in [0.15, 0.2) is 5.60 Å². The Kier molecular flexibility index (Phi) is 9.03. The van der Waals surface area contributed by atoms with Crippen molar-refractivity contribution in [2.45, 2.75) is 51.6 Å². The number of halogens is 4. The Morgan fingerprint density at radius 3 is 2.19 bits per heavy atom. The van der Waals surface area contributed by atoms with Crippen molar-refractivity contribution in [3.8, 4) is 17.0 Å². The Morgan fingerprint density at radius 2 is 1.62 bits per heavy atom. The SMILES string of the molecule is CCOC(=O)C(C)(C)Oc1ccc(C(C)(NC)c2cn(Cc3ccccc3)nc2-c2ccc(C(F)(F)F)cc2)cc1Cl. The summed E-state index contributed by atoms with van der Waals surface area (Å²) in [6.45, 7) is 7.55. The van der Waals surface area contributed by atoms with Gasteiger partial charge in [-0.3, -0.25) is 4.68 Å². The number of hydrogen-bond donors (Lipinski definition) is 1. The predicted molar refractivity (Wildman–Crippen MR) is 157 cm³/mol. The van der Waals surface area contributed by atoms with E-state index in [0.29, 0.717) is 23.6 Å². The summed E-state index contributed by atoms with van der Waals surface area (Å²) in [5.74, 6) is -0.211. The zero-order valence-electron chi connectivity index (χ0n) is 24.1. The third-order valence-corrected chi connectivity index (χ3v) is 7.41. The van der Waals surface area contributed by atoms with E-state index in [-0.39, 0.29) is 11.6 Å². The summed E-state index contributed by atoms with van der Waals surface area (Å²) < 4.78 is 52.7. The van der Waals surface area contributed by atoms with Crippen molar-refractivity contribution in [3.63, 3.8) is 0 Å². The summed E-state index contributed by atoms with van der Waals surface area (Å²) in [5, 5.41) is 8.45. The Hall–Kier alpha value is -3.82. The van der Waals surface area contributed by atoms with Crippen molar-refractivity contribution in [1.29, 1.82) is 0 Å². The molecule has 1 heterocycles. The molecule has 0 aliphatic carbocycles. The Labute approximate surface area is 248 Å². The quantitative estimate of drug-likeness (QED) is 0.192. The van der Waals surface area contributed by atoms with Gasteiger partial charge in [-0.05, 0) is 70.1 Å². The van der Waals surface area contributed by atoms with Gasteiger partial charge in [-0.15, -0.1) is 0 Å². The van der Waals surface area contributed by atoms with Gasteiger partial charge in [0.1, 0.15) is 5.75 Å². The smallest absolute Gasteiger partial charge is 0.416 e. The van der Waals surface area contributed by atoms with E-state index in [1.807, 2.05) is 49.5 Å². The number of nitrogens with zero attached hydrogens (tertiary/aromatic N) is 2. The van der Waals surface area contributed by atoms with E-state index >= 15 is 0 Å². The maximum Gasteiger partial charge on any atom is 0.416 e. The molecule has 42 heavy (non-hydrogen) atoms. The van der Waals surface area contributed by atoms with Crippen molar-refractivity contribution < 1.29 is 27.4 Å². The first-order chi connectivity index (χ1) is 19.8. The number of ether oxygens (including phenoxy) is 2. The molecule has 1 unspecified atom stereocenters. The van der Waals surface area contributed by atoms with Crippen molar-refractivity contribution in [2.75, 3.05) is 13.7 Å². The average Bonchev–Trinajstić information content (AvgIpc) is 3.38. The topological polar surface area (TPSA) is 65.4 Å². The van der Waals surface area contributed by atoms with Gasteiger partial charge in [0, 0.05) is 17.3 Å². The molecule has 0 aliphatic rings. The zero-order valence-corrected chi connectivity index (χ0v) is 24.8. The minimum atomic E-state index is -4.45. The number of benzene rings is 3. The lowest BCUT2D eigenvalue weighted by Crippen LogP contribution is -2.40. The molecule has 0 saturated heterocycles. The number of carbonyl (C=O) groups excluding carboxylic acids is 1. The molecule has 10 heteroatoms. The van der Waals surface area contributed by atoms with Crippen molar-refractivity contribution in [1.82, 2.24) is 15.1 Å². The molecule has 222 valence electrons. The largest absolute Gasteiger partial charge is 0.475 e. The molecule has 6 nitrogen and oxygen atoms in total. The monoisotopic (exact) mass is 599 g/mol. The summed E-state index contributed by atoms with van der Waals surface area (Å²) in [6, 6.07) is 20.0. The third kappa shape index (κ3) is 6.63. The fraction of sp³-hybridized carbons (Fsp3) is 0.312. The molecule has 1 N–H and O–H groups in total. The van der Waals surface area contributed by atoms with E-state index in [0.717, 1.165) is 28.8 Å². The van der Waals surface area contributed by atoms with E-state index < -0.39 is 28.8 Å². The van der Waals surface area contributed by atoms with Crippen LogP contribution >= 0.6 is 11.6 Å². The van der Waals surface area contributed by atoms with Crippen molar-refractivity contribution in [2.24, 2.45) is 0 Å². The maximum absolute atomic E-state index is 13.3. The first-order valence-electron chi connectivity index (χ1n) is 13.4. The number of rotatable bonds is 10. The lowest BCUT2D eigenvalue weighted by atomic mass is 9.83. The van der Waals surface area contributed by atoms with Crippen LogP contribution in [-0.2, 0) is 27.8 Å². The van der Waals surface area contributed by atoms with Crippen LogP contribution < -0.4 is 10.1 Å². The second kappa shape index (κ2) is 12.2. The van der Waals surface area contributed by atoms with E-state index in [4.69, 9.17) is 26.2 Å². The molecule has 0 saturated carbocycles. The van der Waals surface area contributed by atoms with Crippen LogP contribution in [0.2, 0.25) is 5.02 Å². The summed E-state index contributed by atoms with van der Waals surface area (Å²) in [5.41, 5.74) is 0.700. The molecule has 4 aromatic rings. The van der Waals surface area contributed by atoms with Gasteiger partial charge in [0.2, 0.25) is 0 Å². The lowest BCUT2D eigenvalue weighted by Gasteiger charge is -2.31. The minimum Gasteiger partial charge on any atom is -0.475 e. The Balaban J connectivity index is 1.78. The molecule has 0 spiro atoms. The van der Waals surface area contributed by atoms with Crippen LogP contribution in [0.5, 0.6) is 5.75 Å². The van der Waals surface area contributed by atoms with Gasteiger partial charge in [-0.25, -0.2) is 4.79 Å². The highest BCUT2D eigenvalue weighted by Gasteiger charge is 2.36. The van der Waals surface area contributed by atoms with E-state index in [1.54, 1.807) is 44.6 Å². The van der Waals surface area contributed by atoms with Crippen LogP contribution in [0, 0.1) is 0 Å². The van der Waals surface area contributed by atoms with Crippen molar-refractivity contribution >= 4 is 17.6 Å². The molecule has 4 rings (SSSR count). The number of esters is 1. The summed E-state index contributed by atoms with van der Waals surface area (Å²) in [7, 11) is 1.78. The molecule has 0 fully saturated rings. The van der Waals surface area contributed by atoms with E-state index in [1.165, 1.54) is 12.1 Å². The summed E-state index contributed by atoms with van der Waals surface area (Å²) in [6.07, 6.45) is -2.56. The second-order valence-electron chi connectivity index (χ2n) is 10.5. The van der Waals surface area contributed by atoms with Gasteiger partial charge in [0.05, 0.1) is 35.0 Å². The molecule has 0 bridgehead atoms. The van der Waals surface area contributed by atoms with Crippen LogP contribution in [-0.4, -0.2) is 35.0 Å². The van der Waals surface area contributed by atoms with Crippen LogP contribution in [0.15, 0.2) is 79.0 Å². The number of aromatic nitrogens is 2. The minimum absolute atomic E-state index is 0.220. The molecule has 1 aromatic heterocycles. The highest BCUT2D eigenvalue weighted by Crippen LogP contribution is 2.40. The van der Waals surface area contributed by atoms with Gasteiger partial charge in [-0.1, -0.05) is 60.1 Å². The predicted octanol–water partition coefficient (Wildman–Crippen LogP) is 7.47. The van der Waals surface area contributed by atoms with E-state index in [2.05, 4.69) is 5.32 Å². The Morgan fingerprint density at radius 1 is 0.976 bits per heavy atom. The zero-order chi connectivity index (χ0) is 30.7.